The summed E-state index contributed by atoms with van der Waals surface area (Å²) in [6.07, 6.45) is 6.31. The minimum Gasteiger partial charge on any atom is -0.508 e. The number of hydrogen-bond acceptors (Lipinski definition) is 3. The number of nitrogens with one attached hydrogen (secondary N) is 2. The molecule has 2 aromatic rings. The van der Waals surface area contributed by atoms with Gasteiger partial charge in [0.2, 0.25) is 0 Å². The van der Waals surface area contributed by atoms with Crippen LogP contribution in [-0.2, 0) is 36.9 Å². The van der Waals surface area contributed by atoms with Crippen LogP contribution in [0.2, 0.25) is 0 Å². The van der Waals surface area contributed by atoms with Crippen molar-refractivity contribution in [3.8, 4) is 5.75 Å². The summed E-state index contributed by atoms with van der Waals surface area (Å²) in [5, 5.41) is 24.5. The van der Waals surface area contributed by atoms with Crippen LogP contribution in [0.4, 0.5) is 10.5 Å². The van der Waals surface area contributed by atoms with E-state index in [-0.39, 0.29) is 12.2 Å². The summed E-state index contributed by atoms with van der Waals surface area (Å²) in [7, 11) is 0. The molecule has 0 saturated carbocycles. The van der Waals surface area contributed by atoms with Gasteiger partial charge in [-0.2, -0.15) is 0 Å². The molecular weight excluding hydrogens is 356 g/mol. The molecule has 0 spiro atoms. The number of aromatic hydroxyl groups is 1. The number of carboxylic acid groups (broad SMARTS) is 1. The third-order valence-corrected chi connectivity index (χ3v) is 5.69. The summed E-state index contributed by atoms with van der Waals surface area (Å²) in [4.78, 5) is 24.3. The molecule has 0 heterocycles. The number of carbonyl (C=O) groups is 2. The Balaban J connectivity index is 1.50. The largest absolute Gasteiger partial charge is 0.508 e. The highest BCUT2D eigenvalue weighted by atomic mass is 16.4. The van der Waals surface area contributed by atoms with Gasteiger partial charge in [-0.15, -0.1) is 0 Å². The molecule has 2 amide bonds. The van der Waals surface area contributed by atoms with Crippen LogP contribution in [0.15, 0.2) is 30.3 Å². The normalized spacial score (nSPS) is 15.6. The Morgan fingerprint density at radius 1 is 0.964 bits per heavy atom. The van der Waals surface area contributed by atoms with E-state index in [4.69, 9.17) is 0 Å². The molecule has 4 N–H and O–H groups in total. The zero-order chi connectivity index (χ0) is 19.7. The Morgan fingerprint density at radius 2 is 1.57 bits per heavy atom. The molecule has 2 aliphatic rings. The van der Waals surface area contributed by atoms with Gasteiger partial charge < -0.3 is 20.8 Å². The van der Waals surface area contributed by atoms with Gasteiger partial charge in [0.15, 0.2) is 0 Å². The van der Waals surface area contributed by atoms with E-state index in [0.717, 1.165) is 49.8 Å². The number of carbonyl (C=O) groups excluding carboxylic acids is 1. The molecule has 0 unspecified atom stereocenters. The first-order chi connectivity index (χ1) is 13.5. The lowest BCUT2D eigenvalue weighted by Gasteiger charge is -2.19. The molecule has 0 bridgehead atoms. The summed E-state index contributed by atoms with van der Waals surface area (Å²) < 4.78 is 0. The molecule has 0 aliphatic heterocycles. The quantitative estimate of drug-likeness (QED) is 0.640. The van der Waals surface area contributed by atoms with E-state index in [1.807, 2.05) is 0 Å². The minimum atomic E-state index is -1.09. The van der Waals surface area contributed by atoms with Crippen LogP contribution in [0.5, 0.6) is 5.75 Å². The van der Waals surface area contributed by atoms with Crippen molar-refractivity contribution in [1.29, 1.82) is 0 Å². The molecule has 0 fully saturated rings. The number of aliphatic carboxylic acids is 1. The highest BCUT2D eigenvalue weighted by molar-refractivity contribution is 5.94. The van der Waals surface area contributed by atoms with Crippen molar-refractivity contribution in [2.45, 2.75) is 51.0 Å². The summed E-state index contributed by atoms with van der Waals surface area (Å²) >= 11 is 0. The Morgan fingerprint density at radius 3 is 2.14 bits per heavy atom. The number of urea groups is 1. The maximum absolute atomic E-state index is 12.6. The van der Waals surface area contributed by atoms with Gasteiger partial charge in [0, 0.05) is 12.1 Å². The van der Waals surface area contributed by atoms with E-state index in [1.165, 1.54) is 34.4 Å². The molecule has 0 radical (unpaired) electrons. The molecule has 1 atom stereocenters. The average Bonchev–Trinajstić information content (AvgIpc) is 3.31. The number of carboxylic acids is 1. The third-order valence-electron chi connectivity index (χ3n) is 5.69. The monoisotopic (exact) mass is 380 g/mol. The van der Waals surface area contributed by atoms with Crippen LogP contribution in [-0.4, -0.2) is 28.3 Å². The zero-order valence-electron chi connectivity index (χ0n) is 15.6. The second-order valence-electron chi connectivity index (χ2n) is 7.59. The molecule has 6 nitrogen and oxygen atoms in total. The number of fused-ring (bicyclic) bond motifs is 2. The predicted molar refractivity (Wildman–Crippen MR) is 106 cm³/mol. The van der Waals surface area contributed by atoms with Crippen LogP contribution in [0.3, 0.4) is 0 Å². The first-order valence-corrected chi connectivity index (χ1v) is 9.76. The fourth-order valence-electron chi connectivity index (χ4n) is 4.34. The van der Waals surface area contributed by atoms with E-state index >= 15 is 0 Å². The van der Waals surface area contributed by atoms with Crippen LogP contribution < -0.4 is 10.6 Å². The lowest BCUT2D eigenvalue weighted by Crippen LogP contribution is -2.44. The molecule has 0 aromatic heterocycles. The Bertz CT molecular complexity index is 889. The minimum absolute atomic E-state index is 0.119. The van der Waals surface area contributed by atoms with Gasteiger partial charge in [0.25, 0.3) is 0 Å². The van der Waals surface area contributed by atoms with E-state index < -0.39 is 18.0 Å². The van der Waals surface area contributed by atoms with Gasteiger partial charge in [0.1, 0.15) is 11.8 Å². The number of phenols is 1. The molecule has 2 aliphatic carbocycles. The van der Waals surface area contributed by atoms with Gasteiger partial charge in [-0.3, -0.25) is 0 Å². The predicted octanol–water partition coefficient (Wildman–Crippen LogP) is 3.19. The smallest absolute Gasteiger partial charge is 0.326 e. The van der Waals surface area contributed by atoms with Crippen molar-refractivity contribution in [3.05, 3.63) is 58.1 Å². The van der Waals surface area contributed by atoms with Gasteiger partial charge in [-0.1, -0.05) is 18.2 Å². The SMILES string of the molecule is O=C(Nc1c2c(cc3c1CCC3)CCC2)N[C@H](Cc1ccc(O)cc1)C(=O)O. The van der Waals surface area contributed by atoms with Crippen LogP contribution in [0.1, 0.15) is 40.7 Å². The lowest BCUT2D eigenvalue weighted by molar-refractivity contribution is -0.139. The number of rotatable bonds is 5. The molecule has 146 valence electrons. The summed E-state index contributed by atoms with van der Waals surface area (Å²) in [5.41, 5.74) is 6.67. The van der Waals surface area contributed by atoms with Gasteiger partial charge in [-0.25, -0.2) is 9.59 Å². The highest BCUT2D eigenvalue weighted by Crippen LogP contribution is 2.38. The first-order valence-electron chi connectivity index (χ1n) is 9.76. The van der Waals surface area contributed by atoms with Crippen molar-refractivity contribution in [2.24, 2.45) is 0 Å². The van der Waals surface area contributed by atoms with Gasteiger partial charge in [-0.05, 0) is 78.5 Å². The number of aryl methyl sites for hydroxylation is 2. The Kier molecular flexibility index (Phi) is 4.94. The van der Waals surface area contributed by atoms with E-state index in [1.54, 1.807) is 12.1 Å². The van der Waals surface area contributed by atoms with E-state index in [0.29, 0.717) is 0 Å². The van der Waals surface area contributed by atoms with E-state index in [2.05, 4.69) is 16.7 Å². The fourth-order valence-corrected chi connectivity index (χ4v) is 4.34. The fraction of sp³-hybridized carbons (Fsp3) is 0.364. The summed E-state index contributed by atoms with van der Waals surface area (Å²) in [6, 6.07) is 7.08. The number of amides is 2. The molecule has 4 rings (SSSR count). The standard InChI is InChI=1S/C22H24N2O4/c25-16-9-7-13(8-10-16)11-19(21(26)27)23-22(28)24-20-17-5-1-3-14(17)12-15-4-2-6-18(15)20/h7-10,12,19,25H,1-6,11H2,(H,26,27)(H2,23,24,28)/t19-/m1/s1. The summed E-state index contributed by atoms with van der Waals surface area (Å²) in [5.74, 6) is -0.972. The van der Waals surface area contributed by atoms with E-state index in [9.17, 15) is 19.8 Å². The van der Waals surface area contributed by atoms with Crippen molar-refractivity contribution in [2.75, 3.05) is 5.32 Å². The maximum atomic E-state index is 12.6. The zero-order valence-corrected chi connectivity index (χ0v) is 15.6. The van der Waals surface area contributed by atoms with Gasteiger partial charge >= 0.3 is 12.0 Å². The Hall–Kier alpha value is -3.02. The van der Waals surface area contributed by atoms with Gasteiger partial charge in [0.05, 0.1) is 0 Å². The van der Waals surface area contributed by atoms with Crippen LogP contribution >= 0.6 is 0 Å². The molecule has 0 saturated heterocycles. The number of phenolic OH excluding ortho intramolecular Hbond substituents is 1. The van der Waals surface area contributed by atoms with Crippen molar-refractivity contribution in [3.63, 3.8) is 0 Å². The topological polar surface area (TPSA) is 98.7 Å². The molecular formula is C22H24N2O4. The van der Waals surface area contributed by atoms with Crippen molar-refractivity contribution < 1.29 is 19.8 Å². The summed E-state index contributed by atoms with van der Waals surface area (Å²) in [6.45, 7) is 0. The third kappa shape index (κ3) is 3.67. The molecule has 2 aromatic carbocycles. The number of hydrogen-bond donors (Lipinski definition) is 4. The van der Waals surface area contributed by atoms with Crippen molar-refractivity contribution in [1.82, 2.24) is 5.32 Å². The first kappa shape index (κ1) is 18.3. The van der Waals surface area contributed by atoms with Crippen molar-refractivity contribution >= 4 is 17.7 Å². The number of benzene rings is 2. The second kappa shape index (κ2) is 7.54. The highest BCUT2D eigenvalue weighted by Gasteiger charge is 2.26. The average molecular weight is 380 g/mol. The number of anilines is 1. The molecule has 28 heavy (non-hydrogen) atoms. The van der Waals surface area contributed by atoms with Crippen LogP contribution in [0.25, 0.3) is 0 Å². The maximum Gasteiger partial charge on any atom is 0.326 e. The second-order valence-corrected chi connectivity index (χ2v) is 7.59. The lowest BCUT2D eigenvalue weighted by atomic mass is 9.99. The molecule has 6 heteroatoms. The Labute approximate surface area is 163 Å². The van der Waals surface area contributed by atoms with Crippen LogP contribution in [0, 0.1) is 0 Å².